The first kappa shape index (κ1) is 12.0. The summed E-state index contributed by atoms with van der Waals surface area (Å²) in [4.78, 5) is 16.8. The molecule has 1 unspecified atom stereocenters. The van der Waals surface area contributed by atoms with E-state index in [4.69, 9.17) is 0 Å². The van der Waals surface area contributed by atoms with Gasteiger partial charge in [0, 0.05) is 2.85 Å². The van der Waals surface area contributed by atoms with Gasteiger partial charge in [-0.1, -0.05) is 33.3 Å². The van der Waals surface area contributed by atoms with Gasteiger partial charge in [-0.05, 0) is 36.0 Å². The lowest BCUT2D eigenvalue weighted by atomic mass is 9.76. The highest BCUT2D eigenvalue weighted by atomic mass is 16.1. The molecule has 0 spiro atoms. The fourth-order valence-electron chi connectivity index (χ4n) is 2.48. The lowest BCUT2D eigenvalue weighted by Crippen LogP contribution is -2.20. The van der Waals surface area contributed by atoms with E-state index in [1.165, 1.54) is 18.4 Å². The van der Waals surface area contributed by atoms with Crippen LogP contribution in [0, 0.1) is 0 Å². The van der Waals surface area contributed by atoms with Gasteiger partial charge in [-0.25, -0.2) is 4.79 Å². The highest BCUT2D eigenvalue weighted by molar-refractivity contribution is 5.75. The molecule has 2 rings (SSSR count). The lowest BCUT2D eigenvalue weighted by molar-refractivity contribution is 0.414. The molecule has 3 heteroatoms. The second-order valence-electron chi connectivity index (χ2n) is 5.00. The van der Waals surface area contributed by atoms with Crippen LogP contribution in [-0.4, -0.2) is 9.97 Å². The van der Waals surface area contributed by atoms with Gasteiger partial charge in [-0.3, -0.25) is 0 Å². The third-order valence-electron chi connectivity index (χ3n) is 3.79. The monoisotopic (exact) mass is 236 g/mol. The number of benzene rings is 1. The van der Waals surface area contributed by atoms with Crippen molar-refractivity contribution in [1.29, 1.82) is 0 Å². The predicted molar refractivity (Wildman–Crippen MR) is 75.7 cm³/mol. The molecule has 0 aliphatic heterocycles. The number of imidazole rings is 1. The molecule has 0 fully saturated rings. The number of hydrogen-bond donors (Lipinski definition) is 2. The molecule has 17 heavy (non-hydrogen) atoms. The molecule has 0 bridgehead atoms. The Hall–Kier alpha value is -1.51. The number of H-pyrrole nitrogens is 2. The average Bonchev–Trinajstić information content (AvgIpc) is 2.68. The standard InChI is InChI=1S/C14H20N2O.2H2/c1-4-8-14(3,5-2)10-6-7-11-12(9-10)16-13(17)15-11;;/h6-7,9H,4-5,8H2,1-3H3,(H2,15,16,17);2*1H. The topological polar surface area (TPSA) is 48.6 Å². The maximum Gasteiger partial charge on any atom is 0.323 e. The molecule has 96 valence electrons. The highest BCUT2D eigenvalue weighted by Crippen LogP contribution is 2.33. The normalized spacial score (nSPS) is 15.0. The van der Waals surface area contributed by atoms with Crippen LogP contribution in [0.4, 0.5) is 0 Å². The van der Waals surface area contributed by atoms with Crippen molar-refractivity contribution in [2.45, 2.75) is 45.4 Å². The summed E-state index contributed by atoms with van der Waals surface area (Å²) in [5.41, 5.74) is 3.17. The van der Waals surface area contributed by atoms with Crippen LogP contribution in [0.1, 0.15) is 48.5 Å². The molecule has 1 aromatic carbocycles. The van der Waals surface area contributed by atoms with E-state index in [1.807, 2.05) is 6.07 Å². The fourth-order valence-corrected chi connectivity index (χ4v) is 2.48. The second kappa shape index (κ2) is 4.40. The van der Waals surface area contributed by atoms with Gasteiger partial charge in [0.25, 0.3) is 0 Å². The molecule has 2 N–H and O–H groups in total. The molecule has 0 saturated carbocycles. The minimum Gasteiger partial charge on any atom is -0.306 e. The van der Waals surface area contributed by atoms with Crippen molar-refractivity contribution in [2.24, 2.45) is 0 Å². The van der Waals surface area contributed by atoms with Crippen LogP contribution in [-0.2, 0) is 5.41 Å². The molecule has 2 aromatic rings. The number of fused-ring (bicyclic) bond motifs is 1. The SMILES string of the molecule is CCCC(C)(CC)c1ccc2[nH]c(=O)[nH]c2c1.[HH].[HH]. The van der Waals surface area contributed by atoms with Gasteiger partial charge < -0.3 is 9.97 Å². The van der Waals surface area contributed by atoms with E-state index in [0.29, 0.717) is 0 Å². The second-order valence-corrected chi connectivity index (χ2v) is 5.00. The zero-order chi connectivity index (χ0) is 12.5. The number of aromatic amines is 2. The fraction of sp³-hybridized carbons (Fsp3) is 0.500. The summed E-state index contributed by atoms with van der Waals surface area (Å²) >= 11 is 0. The van der Waals surface area contributed by atoms with Gasteiger partial charge in [-0.2, -0.15) is 0 Å². The van der Waals surface area contributed by atoms with Crippen LogP contribution >= 0.6 is 0 Å². The zero-order valence-electron chi connectivity index (χ0n) is 10.8. The third-order valence-corrected chi connectivity index (χ3v) is 3.79. The Labute approximate surface area is 104 Å². The summed E-state index contributed by atoms with van der Waals surface area (Å²) in [7, 11) is 0. The van der Waals surface area contributed by atoms with Crippen molar-refractivity contribution in [1.82, 2.24) is 9.97 Å². The Bertz CT molecular complexity index is 576. The molecule has 1 aromatic heterocycles. The van der Waals surface area contributed by atoms with Gasteiger partial charge in [0.05, 0.1) is 11.0 Å². The van der Waals surface area contributed by atoms with Crippen LogP contribution in [0.15, 0.2) is 23.0 Å². The summed E-state index contributed by atoms with van der Waals surface area (Å²) in [5.74, 6) is 0. The molecule has 3 nitrogen and oxygen atoms in total. The van der Waals surface area contributed by atoms with Gasteiger partial charge in [0.2, 0.25) is 0 Å². The molecule has 0 radical (unpaired) electrons. The number of rotatable bonds is 4. The first-order chi connectivity index (χ1) is 8.09. The maximum absolute atomic E-state index is 11.2. The van der Waals surface area contributed by atoms with Crippen molar-refractivity contribution in [3.63, 3.8) is 0 Å². The molecule has 0 aliphatic rings. The molecular formula is C14H24N2O. The summed E-state index contributed by atoms with van der Waals surface area (Å²) in [6, 6.07) is 6.23. The predicted octanol–water partition coefficient (Wildman–Crippen LogP) is 3.82. The Balaban J connectivity index is 0.00000162. The Morgan fingerprint density at radius 2 is 1.94 bits per heavy atom. The molecule has 1 atom stereocenters. The van der Waals surface area contributed by atoms with Gasteiger partial charge in [-0.15, -0.1) is 0 Å². The molecule has 0 aliphatic carbocycles. The first-order valence-electron chi connectivity index (χ1n) is 6.31. The van der Waals surface area contributed by atoms with Crippen LogP contribution in [0.25, 0.3) is 11.0 Å². The summed E-state index contributed by atoms with van der Waals surface area (Å²) < 4.78 is 0. The highest BCUT2D eigenvalue weighted by Gasteiger charge is 2.23. The smallest absolute Gasteiger partial charge is 0.306 e. The number of aromatic nitrogens is 2. The summed E-state index contributed by atoms with van der Waals surface area (Å²) in [6.07, 6.45) is 3.46. The molecular weight excluding hydrogens is 212 g/mol. The zero-order valence-corrected chi connectivity index (χ0v) is 10.8. The molecule has 1 heterocycles. The summed E-state index contributed by atoms with van der Waals surface area (Å²) in [6.45, 7) is 6.73. The van der Waals surface area contributed by atoms with Gasteiger partial charge in [0.1, 0.15) is 0 Å². The van der Waals surface area contributed by atoms with E-state index in [1.54, 1.807) is 0 Å². The van der Waals surface area contributed by atoms with Crippen molar-refractivity contribution >= 4 is 11.0 Å². The van der Waals surface area contributed by atoms with Crippen molar-refractivity contribution in [2.75, 3.05) is 0 Å². The van der Waals surface area contributed by atoms with E-state index in [0.717, 1.165) is 17.5 Å². The largest absolute Gasteiger partial charge is 0.323 e. The van der Waals surface area contributed by atoms with E-state index in [2.05, 4.69) is 42.9 Å². The quantitative estimate of drug-likeness (QED) is 0.833. The number of hydrogen-bond acceptors (Lipinski definition) is 1. The van der Waals surface area contributed by atoms with Gasteiger partial charge in [0.15, 0.2) is 0 Å². The summed E-state index contributed by atoms with van der Waals surface area (Å²) in [5, 5.41) is 0. The van der Waals surface area contributed by atoms with E-state index < -0.39 is 0 Å². The van der Waals surface area contributed by atoms with Crippen LogP contribution < -0.4 is 5.69 Å². The average molecular weight is 236 g/mol. The van der Waals surface area contributed by atoms with Crippen molar-refractivity contribution in [3.05, 3.63) is 34.2 Å². The van der Waals surface area contributed by atoms with Crippen molar-refractivity contribution in [3.8, 4) is 0 Å². The Kier molecular flexibility index (Phi) is 3.09. The van der Waals surface area contributed by atoms with Crippen LogP contribution in [0.3, 0.4) is 0 Å². The van der Waals surface area contributed by atoms with E-state index >= 15 is 0 Å². The molecule has 0 amide bonds. The van der Waals surface area contributed by atoms with Crippen molar-refractivity contribution < 1.29 is 2.85 Å². The Morgan fingerprint density at radius 3 is 2.59 bits per heavy atom. The Morgan fingerprint density at radius 1 is 1.24 bits per heavy atom. The number of nitrogens with one attached hydrogen (secondary N) is 2. The van der Waals surface area contributed by atoms with E-state index in [-0.39, 0.29) is 14.0 Å². The lowest BCUT2D eigenvalue weighted by Gasteiger charge is -2.28. The molecule has 0 saturated heterocycles. The van der Waals surface area contributed by atoms with Crippen LogP contribution in [0.5, 0.6) is 0 Å². The maximum atomic E-state index is 11.2. The van der Waals surface area contributed by atoms with Crippen LogP contribution in [0.2, 0.25) is 0 Å². The third kappa shape index (κ3) is 2.14. The minimum atomic E-state index is -0.133. The minimum absolute atomic E-state index is 0. The first-order valence-corrected chi connectivity index (χ1v) is 6.31. The van der Waals surface area contributed by atoms with Gasteiger partial charge >= 0.3 is 5.69 Å². The van der Waals surface area contributed by atoms with E-state index in [9.17, 15) is 4.79 Å².